The number of aromatic carboxylic acids is 1. The van der Waals surface area contributed by atoms with Gasteiger partial charge in [-0.15, -0.1) is 0 Å². The predicted octanol–water partition coefficient (Wildman–Crippen LogP) is 3.33. The van der Waals surface area contributed by atoms with E-state index in [9.17, 15) is 9.90 Å². The number of benzene rings is 1. The van der Waals surface area contributed by atoms with Gasteiger partial charge >= 0.3 is 5.97 Å². The molecule has 3 rings (SSSR count). The number of hydrogen-bond donors (Lipinski definition) is 1. The topological polar surface area (TPSA) is 58.4 Å². The van der Waals surface area contributed by atoms with Crippen LogP contribution in [0.25, 0.3) is 11.1 Å². The van der Waals surface area contributed by atoms with E-state index in [1.54, 1.807) is 13.2 Å². The Morgan fingerprint density at radius 1 is 1.17 bits per heavy atom. The fraction of sp³-hybridized carbons (Fsp3) is 0.444. The van der Waals surface area contributed by atoms with E-state index in [-0.39, 0.29) is 5.69 Å². The number of likely N-dealkylation sites (tertiary alicyclic amines) is 1. The Bertz CT molecular complexity index is 685. The zero-order valence-corrected chi connectivity index (χ0v) is 13.7. The maximum atomic E-state index is 11.4. The molecule has 5 heteroatoms. The van der Waals surface area contributed by atoms with E-state index in [0.717, 1.165) is 18.7 Å². The largest absolute Gasteiger partial charge is 0.477 e. The van der Waals surface area contributed by atoms with Crippen LogP contribution in [0, 0.1) is 0 Å². The molecule has 2 heterocycles. The number of rotatable bonds is 4. The molecule has 1 atom stereocenters. The minimum atomic E-state index is -0.953. The van der Waals surface area contributed by atoms with Gasteiger partial charge in [-0.1, -0.05) is 30.7 Å². The molecule has 1 aliphatic rings. The number of carboxylic acid groups (broad SMARTS) is 1. The van der Waals surface area contributed by atoms with Crippen LogP contribution in [0.15, 0.2) is 30.5 Å². The van der Waals surface area contributed by atoms with Crippen LogP contribution < -0.4 is 0 Å². The normalized spacial score (nSPS) is 17.1. The zero-order valence-electron chi connectivity index (χ0n) is 13.7. The summed E-state index contributed by atoms with van der Waals surface area (Å²) in [6.07, 6.45) is 5.51. The summed E-state index contributed by atoms with van der Waals surface area (Å²) in [7, 11) is 1.65. The lowest BCUT2D eigenvalue weighted by atomic mass is 9.99. The van der Waals surface area contributed by atoms with E-state index in [0.29, 0.717) is 11.6 Å². The Morgan fingerprint density at radius 3 is 2.43 bits per heavy atom. The van der Waals surface area contributed by atoms with Gasteiger partial charge in [0.2, 0.25) is 0 Å². The minimum absolute atomic E-state index is 0.224. The van der Waals surface area contributed by atoms with Gasteiger partial charge < -0.3 is 5.11 Å². The first-order chi connectivity index (χ1) is 11.1. The Labute approximate surface area is 136 Å². The van der Waals surface area contributed by atoms with Crippen molar-refractivity contribution < 1.29 is 9.90 Å². The molecular formula is C18H23N3O2. The van der Waals surface area contributed by atoms with Gasteiger partial charge in [0.1, 0.15) is 0 Å². The summed E-state index contributed by atoms with van der Waals surface area (Å²) in [6.45, 7) is 4.57. The van der Waals surface area contributed by atoms with Crippen molar-refractivity contribution in [1.82, 2.24) is 14.7 Å². The smallest absolute Gasteiger partial charge is 0.354 e. The lowest BCUT2D eigenvalue weighted by Crippen LogP contribution is -2.32. The molecule has 1 aliphatic heterocycles. The molecule has 0 aliphatic carbocycles. The number of hydrogen-bond acceptors (Lipinski definition) is 3. The second kappa shape index (κ2) is 6.54. The van der Waals surface area contributed by atoms with Crippen LogP contribution in [0.2, 0.25) is 0 Å². The zero-order chi connectivity index (χ0) is 16.4. The molecule has 1 fully saturated rings. The van der Waals surface area contributed by atoms with Gasteiger partial charge in [0.05, 0.1) is 6.20 Å². The molecule has 23 heavy (non-hydrogen) atoms. The number of nitrogens with zero attached hydrogens (tertiary/aromatic N) is 3. The van der Waals surface area contributed by atoms with Crippen LogP contribution in [0.3, 0.4) is 0 Å². The van der Waals surface area contributed by atoms with Gasteiger partial charge in [0.15, 0.2) is 5.69 Å². The Hall–Kier alpha value is -2.14. The molecule has 0 amide bonds. The highest BCUT2D eigenvalue weighted by Gasteiger charge is 2.20. The average Bonchev–Trinajstić information content (AvgIpc) is 2.97. The van der Waals surface area contributed by atoms with E-state index < -0.39 is 5.97 Å². The van der Waals surface area contributed by atoms with E-state index in [1.807, 2.05) is 12.1 Å². The first-order valence-corrected chi connectivity index (χ1v) is 8.17. The second-order valence-electron chi connectivity index (χ2n) is 6.23. The van der Waals surface area contributed by atoms with Crippen LogP contribution in [-0.4, -0.2) is 38.8 Å². The summed E-state index contributed by atoms with van der Waals surface area (Å²) >= 11 is 0. The van der Waals surface area contributed by atoms with Gasteiger partial charge in [-0.2, -0.15) is 5.10 Å². The molecular weight excluding hydrogens is 290 g/mol. The molecule has 2 aromatic rings. The predicted molar refractivity (Wildman–Crippen MR) is 89.4 cm³/mol. The van der Waals surface area contributed by atoms with Crippen molar-refractivity contribution in [2.24, 2.45) is 7.05 Å². The standard InChI is InChI=1S/C18H23N3O2/c1-13(21-10-4-3-5-11-21)14-6-8-15(9-7-14)16-12-19-20(2)17(16)18(22)23/h6-9,12-13H,3-5,10-11H2,1-2H3,(H,22,23)/t13-/m0/s1. The third-order valence-corrected chi connectivity index (χ3v) is 4.78. The second-order valence-corrected chi connectivity index (χ2v) is 6.23. The van der Waals surface area contributed by atoms with Crippen LogP contribution in [0.1, 0.15) is 48.3 Å². The van der Waals surface area contributed by atoms with E-state index >= 15 is 0 Å². The molecule has 0 spiro atoms. The van der Waals surface area contributed by atoms with Gasteiger partial charge in [-0.3, -0.25) is 9.58 Å². The molecule has 1 aromatic heterocycles. The Balaban J connectivity index is 1.83. The van der Waals surface area contributed by atoms with Crippen molar-refractivity contribution in [2.45, 2.75) is 32.2 Å². The van der Waals surface area contributed by atoms with Gasteiger partial charge in [0.25, 0.3) is 0 Å². The number of aryl methyl sites for hydroxylation is 1. The van der Waals surface area contributed by atoms with Gasteiger partial charge in [0, 0.05) is 18.7 Å². The highest BCUT2D eigenvalue weighted by Crippen LogP contribution is 2.28. The third kappa shape index (κ3) is 3.15. The summed E-state index contributed by atoms with van der Waals surface area (Å²) in [4.78, 5) is 13.9. The highest BCUT2D eigenvalue weighted by atomic mass is 16.4. The van der Waals surface area contributed by atoms with E-state index in [4.69, 9.17) is 0 Å². The van der Waals surface area contributed by atoms with Crippen molar-refractivity contribution in [2.75, 3.05) is 13.1 Å². The molecule has 0 unspecified atom stereocenters. The lowest BCUT2D eigenvalue weighted by Gasteiger charge is -2.32. The molecule has 0 radical (unpaired) electrons. The maximum Gasteiger partial charge on any atom is 0.354 e. The SMILES string of the molecule is C[C@@H](c1ccc(-c2cnn(C)c2C(=O)O)cc1)N1CCCCC1. The van der Waals surface area contributed by atoms with Crippen molar-refractivity contribution in [1.29, 1.82) is 0 Å². The minimum Gasteiger partial charge on any atom is -0.477 e. The molecule has 122 valence electrons. The average molecular weight is 313 g/mol. The maximum absolute atomic E-state index is 11.4. The van der Waals surface area contributed by atoms with Crippen LogP contribution >= 0.6 is 0 Å². The summed E-state index contributed by atoms with van der Waals surface area (Å²) in [6, 6.07) is 8.61. The van der Waals surface area contributed by atoms with E-state index in [1.165, 1.54) is 29.5 Å². The summed E-state index contributed by atoms with van der Waals surface area (Å²) < 4.78 is 1.40. The van der Waals surface area contributed by atoms with Crippen LogP contribution in [-0.2, 0) is 7.05 Å². The van der Waals surface area contributed by atoms with Crippen LogP contribution in [0.4, 0.5) is 0 Å². The number of carboxylic acids is 1. The van der Waals surface area contributed by atoms with E-state index in [2.05, 4.69) is 29.1 Å². The fourth-order valence-corrected chi connectivity index (χ4v) is 3.36. The lowest BCUT2D eigenvalue weighted by molar-refractivity contribution is 0.0686. The fourth-order valence-electron chi connectivity index (χ4n) is 3.36. The summed E-state index contributed by atoms with van der Waals surface area (Å²) in [5.74, 6) is -0.953. The van der Waals surface area contributed by atoms with Crippen molar-refractivity contribution in [3.05, 3.63) is 41.7 Å². The molecule has 0 bridgehead atoms. The quantitative estimate of drug-likeness (QED) is 0.940. The molecule has 0 saturated carbocycles. The monoisotopic (exact) mass is 313 g/mol. The molecule has 5 nitrogen and oxygen atoms in total. The highest BCUT2D eigenvalue weighted by molar-refractivity contribution is 5.94. The van der Waals surface area contributed by atoms with Crippen molar-refractivity contribution >= 4 is 5.97 Å². The molecule has 1 aromatic carbocycles. The van der Waals surface area contributed by atoms with Crippen molar-refractivity contribution in [3.8, 4) is 11.1 Å². The van der Waals surface area contributed by atoms with Gasteiger partial charge in [-0.25, -0.2) is 4.79 Å². The van der Waals surface area contributed by atoms with Crippen molar-refractivity contribution in [3.63, 3.8) is 0 Å². The number of carbonyl (C=O) groups is 1. The molecule has 1 saturated heterocycles. The Morgan fingerprint density at radius 2 is 1.83 bits per heavy atom. The summed E-state index contributed by atoms with van der Waals surface area (Å²) in [5.41, 5.74) is 3.06. The van der Waals surface area contributed by atoms with Gasteiger partial charge in [-0.05, 0) is 44.0 Å². The molecule has 1 N–H and O–H groups in total. The summed E-state index contributed by atoms with van der Waals surface area (Å²) in [5, 5.41) is 13.4. The first-order valence-electron chi connectivity index (χ1n) is 8.17. The first kappa shape index (κ1) is 15.7. The Kier molecular flexibility index (Phi) is 4.48. The number of aromatic nitrogens is 2. The number of piperidine rings is 1. The van der Waals surface area contributed by atoms with Crippen LogP contribution in [0.5, 0.6) is 0 Å². The third-order valence-electron chi connectivity index (χ3n) is 4.78.